The highest BCUT2D eigenvalue weighted by molar-refractivity contribution is 7.11. The van der Waals surface area contributed by atoms with Crippen molar-refractivity contribution in [1.82, 2.24) is 9.88 Å². The van der Waals surface area contributed by atoms with Crippen molar-refractivity contribution in [2.45, 2.75) is 45.8 Å². The zero-order valence-corrected chi connectivity index (χ0v) is 15.1. The number of hydrogen-bond acceptors (Lipinski definition) is 4. The van der Waals surface area contributed by atoms with E-state index in [0.29, 0.717) is 0 Å². The maximum absolute atomic E-state index is 12.6. The molecule has 2 atom stereocenters. The predicted molar refractivity (Wildman–Crippen MR) is 93.4 cm³/mol. The normalized spacial score (nSPS) is 15.0. The van der Waals surface area contributed by atoms with Crippen molar-refractivity contribution in [1.29, 1.82) is 0 Å². The smallest absolute Gasteiger partial charge is 0.226 e. The van der Waals surface area contributed by atoms with Crippen LogP contribution in [0.2, 0.25) is 0 Å². The maximum atomic E-state index is 12.6. The van der Waals surface area contributed by atoms with Gasteiger partial charge in [0.15, 0.2) is 0 Å². The van der Waals surface area contributed by atoms with Crippen molar-refractivity contribution in [2.24, 2.45) is 0 Å². The third-order valence-electron chi connectivity index (χ3n) is 4.18. The average Bonchev–Trinajstić information content (AvgIpc) is 2.84. The molecule has 0 aliphatic heterocycles. The van der Waals surface area contributed by atoms with Crippen LogP contribution < -0.4 is 0 Å². The zero-order valence-electron chi connectivity index (χ0n) is 14.3. The number of aryl methyl sites for hydroxylation is 2. The Hall–Kier alpha value is -1.72. The summed E-state index contributed by atoms with van der Waals surface area (Å²) in [6, 6.07) is 9.25. The fourth-order valence-electron chi connectivity index (χ4n) is 2.64. The minimum atomic E-state index is -1.18. The number of benzene rings is 1. The van der Waals surface area contributed by atoms with Gasteiger partial charge in [0.1, 0.15) is 0 Å². The molecule has 1 amide bonds. The van der Waals surface area contributed by atoms with E-state index in [4.69, 9.17) is 0 Å². The quantitative estimate of drug-likeness (QED) is 0.910. The third-order valence-corrected chi connectivity index (χ3v) is 5.43. The first-order valence-electron chi connectivity index (χ1n) is 7.70. The molecule has 0 saturated heterocycles. The monoisotopic (exact) mass is 332 g/mol. The van der Waals surface area contributed by atoms with Gasteiger partial charge in [-0.15, -0.1) is 11.3 Å². The fourth-order valence-corrected chi connectivity index (χ4v) is 3.67. The summed E-state index contributed by atoms with van der Waals surface area (Å²) in [6.07, 6.45) is 0.0503. The Morgan fingerprint density at radius 3 is 2.48 bits per heavy atom. The molecule has 2 aromatic rings. The van der Waals surface area contributed by atoms with E-state index < -0.39 is 5.60 Å². The van der Waals surface area contributed by atoms with Crippen LogP contribution in [0.5, 0.6) is 0 Å². The Morgan fingerprint density at radius 1 is 1.35 bits per heavy atom. The molecule has 0 aliphatic rings. The Labute approximate surface area is 141 Å². The van der Waals surface area contributed by atoms with Gasteiger partial charge in [0.25, 0.3) is 0 Å². The highest BCUT2D eigenvalue weighted by Crippen LogP contribution is 2.31. The second-order valence-corrected chi connectivity index (χ2v) is 7.41. The van der Waals surface area contributed by atoms with Crippen LogP contribution in [0.15, 0.2) is 30.3 Å². The van der Waals surface area contributed by atoms with Crippen LogP contribution in [0.25, 0.3) is 0 Å². The van der Waals surface area contributed by atoms with Crippen LogP contribution in [0.3, 0.4) is 0 Å². The summed E-state index contributed by atoms with van der Waals surface area (Å²) in [5.41, 5.74) is 0.541. The summed E-state index contributed by atoms with van der Waals surface area (Å²) in [6.45, 7) is 7.61. The van der Waals surface area contributed by atoms with Gasteiger partial charge in [-0.05, 0) is 33.3 Å². The van der Waals surface area contributed by atoms with Crippen LogP contribution in [0, 0.1) is 13.8 Å². The average molecular weight is 332 g/mol. The van der Waals surface area contributed by atoms with Gasteiger partial charge in [0.2, 0.25) is 5.91 Å². The second-order valence-electron chi connectivity index (χ2n) is 6.18. The number of aromatic nitrogens is 1. The summed E-state index contributed by atoms with van der Waals surface area (Å²) in [7, 11) is 1.78. The molecule has 5 heteroatoms. The standard InChI is InChI=1S/C18H24N2O2S/c1-12-17(23-14(3)19-12)13(2)20(5)16(21)11-18(4,22)15-9-7-6-8-10-15/h6-10,13,22H,11H2,1-5H3. The van der Waals surface area contributed by atoms with E-state index in [1.54, 1.807) is 30.2 Å². The predicted octanol–water partition coefficient (Wildman–Crippen LogP) is 3.58. The van der Waals surface area contributed by atoms with Gasteiger partial charge >= 0.3 is 0 Å². The van der Waals surface area contributed by atoms with E-state index in [1.165, 1.54) is 0 Å². The van der Waals surface area contributed by atoms with Crippen molar-refractivity contribution in [3.63, 3.8) is 0 Å². The largest absolute Gasteiger partial charge is 0.385 e. The summed E-state index contributed by atoms with van der Waals surface area (Å²) >= 11 is 1.62. The molecule has 2 unspecified atom stereocenters. The van der Waals surface area contributed by atoms with Crippen LogP contribution >= 0.6 is 11.3 Å². The molecule has 0 saturated carbocycles. The van der Waals surface area contributed by atoms with E-state index in [1.807, 2.05) is 51.1 Å². The first kappa shape index (κ1) is 17.6. The lowest BCUT2D eigenvalue weighted by Crippen LogP contribution is -2.35. The Morgan fingerprint density at radius 2 is 1.96 bits per heavy atom. The van der Waals surface area contributed by atoms with Crippen molar-refractivity contribution < 1.29 is 9.90 Å². The number of nitrogens with zero attached hydrogens (tertiary/aromatic N) is 2. The summed E-state index contributed by atoms with van der Waals surface area (Å²) < 4.78 is 0. The summed E-state index contributed by atoms with van der Waals surface area (Å²) in [4.78, 5) is 19.8. The highest BCUT2D eigenvalue weighted by atomic mass is 32.1. The van der Waals surface area contributed by atoms with E-state index >= 15 is 0 Å². The summed E-state index contributed by atoms with van der Waals surface area (Å²) in [5.74, 6) is -0.0863. The molecular formula is C18H24N2O2S. The van der Waals surface area contributed by atoms with Crippen molar-refractivity contribution in [3.05, 3.63) is 51.5 Å². The lowest BCUT2D eigenvalue weighted by Gasteiger charge is -2.29. The van der Waals surface area contributed by atoms with E-state index in [2.05, 4.69) is 4.98 Å². The van der Waals surface area contributed by atoms with Crippen molar-refractivity contribution >= 4 is 17.2 Å². The number of carbonyl (C=O) groups excluding carboxylic acids is 1. The van der Waals surface area contributed by atoms with Crippen LogP contribution in [-0.4, -0.2) is 27.9 Å². The number of thiazole rings is 1. The third kappa shape index (κ3) is 3.98. The zero-order chi connectivity index (χ0) is 17.2. The molecule has 0 spiro atoms. The molecule has 0 bridgehead atoms. The van der Waals surface area contributed by atoms with Gasteiger partial charge in [-0.25, -0.2) is 4.98 Å². The first-order valence-corrected chi connectivity index (χ1v) is 8.51. The number of aliphatic hydroxyl groups is 1. The topological polar surface area (TPSA) is 53.4 Å². The van der Waals surface area contributed by atoms with Crippen molar-refractivity contribution in [2.75, 3.05) is 7.05 Å². The first-order chi connectivity index (χ1) is 10.7. The molecule has 0 radical (unpaired) electrons. The van der Waals surface area contributed by atoms with Crippen LogP contribution in [0.1, 0.15) is 47.5 Å². The lowest BCUT2D eigenvalue weighted by atomic mass is 9.92. The van der Waals surface area contributed by atoms with Gasteiger partial charge < -0.3 is 10.0 Å². The van der Waals surface area contributed by atoms with Gasteiger partial charge in [-0.2, -0.15) is 0 Å². The van der Waals surface area contributed by atoms with Crippen molar-refractivity contribution in [3.8, 4) is 0 Å². The number of carbonyl (C=O) groups is 1. The maximum Gasteiger partial charge on any atom is 0.226 e. The fraction of sp³-hybridized carbons (Fsp3) is 0.444. The lowest BCUT2D eigenvalue weighted by molar-refractivity contribution is -0.136. The molecule has 1 N–H and O–H groups in total. The van der Waals surface area contributed by atoms with Gasteiger partial charge in [0.05, 0.1) is 28.8 Å². The Bertz CT molecular complexity index is 680. The highest BCUT2D eigenvalue weighted by Gasteiger charge is 2.30. The minimum absolute atomic E-state index is 0.0503. The van der Waals surface area contributed by atoms with E-state index in [9.17, 15) is 9.90 Å². The van der Waals surface area contributed by atoms with E-state index in [0.717, 1.165) is 21.1 Å². The Balaban J connectivity index is 2.12. The molecule has 1 aromatic heterocycles. The molecule has 1 aromatic carbocycles. The van der Waals surface area contributed by atoms with E-state index in [-0.39, 0.29) is 18.4 Å². The SMILES string of the molecule is Cc1nc(C)c(C(C)N(C)C(=O)CC(C)(O)c2ccccc2)s1. The van der Waals surface area contributed by atoms with Crippen LogP contribution in [0.4, 0.5) is 0 Å². The molecule has 1 heterocycles. The van der Waals surface area contributed by atoms with Crippen LogP contribution in [-0.2, 0) is 10.4 Å². The number of amides is 1. The molecule has 0 aliphatic carbocycles. The molecule has 124 valence electrons. The Kier molecular flexibility index (Phi) is 5.22. The second kappa shape index (κ2) is 6.81. The molecule has 0 fully saturated rings. The molecular weight excluding hydrogens is 308 g/mol. The molecule has 4 nitrogen and oxygen atoms in total. The number of hydrogen-bond donors (Lipinski definition) is 1. The van der Waals surface area contributed by atoms with Gasteiger partial charge in [-0.1, -0.05) is 30.3 Å². The minimum Gasteiger partial charge on any atom is -0.385 e. The molecule has 23 heavy (non-hydrogen) atoms. The molecule has 2 rings (SSSR count). The number of rotatable bonds is 5. The van der Waals surface area contributed by atoms with Gasteiger partial charge in [-0.3, -0.25) is 4.79 Å². The summed E-state index contributed by atoms with van der Waals surface area (Å²) in [5, 5.41) is 11.7. The van der Waals surface area contributed by atoms with Gasteiger partial charge in [0, 0.05) is 11.9 Å².